The Morgan fingerprint density at radius 1 is 1.46 bits per heavy atom. The van der Waals surface area contributed by atoms with E-state index in [0.717, 1.165) is 12.8 Å². The van der Waals surface area contributed by atoms with Crippen molar-refractivity contribution in [1.29, 1.82) is 0 Å². The van der Waals surface area contributed by atoms with Gasteiger partial charge in [0.2, 0.25) is 0 Å². The Morgan fingerprint density at radius 3 is 1.92 bits per heavy atom. The third kappa shape index (κ3) is 24.5. The molecule has 1 atom stereocenters. The number of halogens is 1. The monoisotopic (exact) mass is 212 g/mol. The topological polar surface area (TPSA) is 46.5 Å². The Balaban J connectivity index is -0.000000150. The van der Waals surface area contributed by atoms with E-state index in [4.69, 9.17) is 5.11 Å². The van der Waals surface area contributed by atoms with Crippen LogP contribution in [0.25, 0.3) is 0 Å². The highest BCUT2D eigenvalue weighted by molar-refractivity contribution is 5.85. The predicted molar refractivity (Wildman–Crippen MR) is 56.1 cm³/mol. The fraction of sp³-hybridized carbons (Fsp3) is 0.889. The van der Waals surface area contributed by atoms with Crippen LogP contribution >= 0.6 is 12.4 Å². The first kappa shape index (κ1) is 18.5. The third-order valence-electron chi connectivity index (χ3n) is 1.27. The molecule has 13 heavy (non-hydrogen) atoms. The summed E-state index contributed by atoms with van der Waals surface area (Å²) in [7, 11) is 1.40. The molecule has 0 radical (unpaired) electrons. The van der Waals surface area contributed by atoms with Crippen LogP contribution in [0.3, 0.4) is 0 Å². The first-order valence-corrected chi connectivity index (χ1v) is 4.33. The molecule has 0 fully saturated rings. The SMILES string of the molecule is CCC(C)O.CCCC(=O)OC.Cl. The maximum atomic E-state index is 10.2. The van der Waals surface area contributed by atoms with Gasteiger partial charge in [-0.2, -0.15) is 0 Å². The normalized spacial score (nSPS) is 10.2. The summed E-state index contributed by atoms with van der Waals surface area (Å²) in [4.78, 5) is 10.2. The molecule has 4 heteroatoms. The van der Waals surface area contributed by atoms with Crippen LogP contribution in [0.2, 0.25) is 0 Å². The van der Waals surface area contributed by atoms with E-state index in [2.05, 4.69) is 4.74 Å². The second kappa shape index (κ2) is 14.3. The van der Waals surface area contributed by atoms with Gasteiger partial charge >= 0.3 is 5.97 Å². The van der Waals surface area contributed by atoms with E-state index in [9.17, 15) is 4.79 Å². The van der Waals surface area contributed by atoms with Gasteiger partial charge in [-0.15, -0.1) is 12.4 Å². The molecule has 0 spiro atoms. The molecular weight excluding hydrogens is 192 g/mol. The average molecular weight is 213 g/mol. The minimum Gasteiger partial charge on any atom is -0.469 e. The summed E-state index contributed by atoms with van der Waals surface area (Å²) in [5.41, 5.74) is 0. The number of hydrogen-bond donors (Lipinski definition) is 1. The molecule has 0 heterocycles. The van der Waals surface area contributed by atoms with Gasteiger partial charge in [0.25, 0.3) is 0 Å². The number of aliphatic hydroxyl groups excluding tert-OH is 1. The molecule has 0 aromatic rings. The van der Waals surface area contributed by atoms with Crippen molar-refractivity contribution in [3.05, 3.63) is 0 Å². The summed E-state index contributed by atoms with van der Waals surface area (Å²) in [5.74, 6) is -0.123. The Bertz CT molecular complexity index is 105. The highest BCUT2D eigenvalue weighted by Crippen LogP contribution is 1.86. The minimum atomic E-state index is -0.123. The van der Waals surface area contributed by atoms with Gasteiger partial charge in [-0.05, 0) is 19.8 Å². The molecule has 3 nitrogen and oxygen atoms in total. The summed E-state index contributed by atoms with van der Waals surface area (Å²) in [6.07, 6.45) is 2.15. The molecule has 0 aliphatic carbocycles. The van der Waals surface area contributed by atoms with Gasteiger partial charge in [-0.3, -0.25) is 4.79 Å². The fourth-order valence-corrected chi connectivity index (χ4v) is 0.306. The molecule has 82 valence electrons. The van der Waals surface area contributed by atoms with E-state index in [1.165, 1.54) is 7.11 Å². The second-order valence-electron chi connectivity index (χ2n) is 2.58. The quantitative estimate of drug-likeness (QED) is 0.730. The number of aliphatic hydroxyl groups is 1. The summed E-state index contributed by atoms with van der Waals surface area (Å²) in [6, 6.07) is 0. The number of rotatable bonds is 3. The molecule has 0 bridgehead atoms. The Labute approximate surface area is 86.9 Å². The first-order valence-electron chi connectivity index (χ1n) is 4.33. The Morgan fingerprint density at radius 2 is 1.85 bits per heavy atom. The second-order valence-corrected chi connectivity index (χ2v) is 2.58. The molecule has 0 aliphatic rings. The summed E-state index contributed by atoms with van der Waals surface area (Å²) >= 11 is 0. The largest absolute Gasteiger partial charge is 0.469 e. The van der Waals surface area contributed by atoms with Crippen LogP contribution in [0.1, 0.15) is 40.0 Å². The molecule has 0 rings (SSSR count). The van der Waals surface area contributed by atoms with Crippen molar-refractivity contribution >= 4 is 18.4 Å². The van der Waals surface area contributed by atoms with Crippen molar-refractivity contribution in [2.45, 2.75) is 46.1 Å². The van der Waals surface area contributed by atoms with Gasteiger partial charge in [0.05, 0.1) is 13.2 Å². The lowest BCUT2D eigenvalue weighted by atomic mass is 10.3. The lowest BCUT2D eigenvalue weighted by Gasteiger charge is -1.91. The zero-order valence-electron chi connectivity index (χ0n) is 8.87. The zero-order valence-corrected chi connectivity index (χ0v) is 9.69. The first-order chi connectivity index (χ1) is 5.58. The molecule has 1 unspecified atom stereocenters. The number of methoxy groups -OCH3 is 1. The minimum absolute atomic E-state index is 0. The molecule has 0 aliphatic heterocycles. The number of esters is 1. The van der Waals surface area contributed by atoms with Gasteiger partial charge < -0.3 is 9.84 Å². The lowest BCUT2D eigenvalue weighted by molar-refractivity contribution is -0.140. The third-order valence-corrected chi connectivity index (χ3v) is 1.27. The maximum absolute atomic E-state index is 10.2. The van der Waals surface area contributed by atoms with E-state index in [1.807, 2.05) is 13.8 Å². The van der Waals surface area contributed by atoms with Crippen LogP contribution in [-0.2, 0) is 9.53 Å². The predicted octanol–water partition coefficient (Wildman–Crippen LogP) is 2.16. The van der Waals surface area contributed by atoms with Gasteiger partial charge in [-0.25, -0.2) is 0 Å². The number of carbonyl (C=O) groups excluding carboxylic acids is 1. The van der Waals surface area contributed by atoms with Gasteiger partial charge in [0.1, 0.15) is 0 Å². The van der Waals surface area contributed by atoms with Crippen molar-refractivity contribution in [2.75, 3.05) is 7.11 Å². The standard InChI is InChI=1S/C5H10O2.C4H10O.ClH/c1-3-4-5(6)7-2;1-3-4(2)5;/h3-4H2,1-2H3;4-5H,3H2,1-2H3;1H. The van der Waals surface area contributed by atoms with Crippen molar-refractivity contribution in [1.82, 2.24) is 0 Å². The molecule has 0 amide bonds. The Kier molecular flexibility index (Phi) is 20.3. The smallest absolute Gasteiger partial charge is 0.305 e. The van der Waals surface area contributed by atoms with Crippen molar-refractivity contribution < 1.29 is 14.6 Å². The van der Waals surface area contributed by atoms with Crippen molar-refractivity contribution in [3.63, 3.8) is 0 Å². The maximum Gasteiger partial charge on any atom is 0.305 e. The zero-order chi connectivity index (χ0) is 9.98. The number of hydrogen-bond acceptors (Lipinski definition) is 3. The van der Waals surface area contributed by atoms with E-state index >= 15 is 0 Å². The van der Waals surface area contributed by atoms with Gasteiger partial charge in [0.15, 0.2) is 0 Å². The number of ether oxygens (including phenoxy) is 1. The molecule has 0 saturated heterocycles. The lowest BCUT2D eigenvalue weighted by Crippen LogP contribution is -1.97. The van der Waals surface area contributed by atoms with Crippen LogP contribution in [0.15, 0.2) is 0 Å². The highest BCUT2D eigenvalue weighted by Gasteiger charge is 1.92. The molecule has 0 saturated carbocycles. The summed E-state index contributed by atoms with van der Waals surface area (Å²) < 4.78 is 4.35. The van der Waals surface area contributed by atoms with Crippen LogP contribution < -0.4 is 0 Å². The summed E-state index contributed by atoms with van der Waals surface area (Å²) in [6.45, 7) is 5.67. The van der Waals surface area contributed by atoms with Crippen LogP contribution in [0, 0.1) is 0 Å². The molecule has 1 N–H and O–H groups in total. The van der Waals surface area contributed by atoms with Crippen molar-refractivity contribution in [2.24, 2.45) is 0 Å². The van der Waals surface area contributed by atoms with Gasteiger partial charge in [-0.1, -0.05) is 13.8 Å². The van der Waals surface area contributed by atoms with E-state index < -0.39 is 0 Å². The highest BCUT2D eigenvalue weighted by atomic mass is 35.5. The van der Waals surface area contributed by atoms with Gasteiger partial charge in [0, 0.05) is 6.42 Å². The fourth-order valence-electron chi connectivity index (χ4n) is 0.306. The van der Waals surface area contributed by atoms with Crippen LogP contribution in [-0.4, -0.2) is 24.3 Å². The van der Waals surface area contributed by atoms with E-state index in [0.29, 0.717) is 6.42 Å². The molecule has 0 aromatic heterocycles. The van der Waals surface area contributed by atoms with E-state index in [-0.39, 0.29) is 24.5 Å². The number of carbonyl (C=O) groups is 1. The van der Waals surface area contributed by atoms with Crippen LogP contribution in [0.4, 0.5) is 0 Å². The Hall–Kier alpha value is -0.280. The van der Waals surface area contributed by atoms with Crippen molar-refractivity contribution in [3.8, 4) is 0 Å². The molecular formula is C9H21ClO3. The van der Waals surface area contributed by atoms with E-state index in [1.54, 1.807) is 6.92 Å². The average Bonchev–Trinajstić information content (AvgIpc) is 2.06. The summed E-state index contributed by atoms with van der Waals surface area (Å²) in [5, 5.41) is 8.36. The van der Waals surface area contributed by atoms with Crippen LogP contribution in [0.5, 0.6) is 0 Å². The molecule has 0 aromatic carbocycles.